The highest BCUT2D eigenvalue weighted by Gasteiger charge is 2.38. The lowest BCUT2D eigenvalue weighted by Crippen LogP contribution is -2.56. The fourth-order valence-electron chi connectivity index (χ4n) is 4.35. The van der Waals surface area contributed by atoms with Gasteiger partial charge in [-0.2, -0.15) is 0 Å². The van der Waals surface area contributed by atoms with Crippen LogP contribution >= 0.6 is 0 Å². The van der Waals surface area contributed by atoms with Gasteiger partial charge in [-0.25, -0.2) is 0 Å². The minimum atomic E-state index is -0.360. The van der Waals surface area contributed by atoms with Crippen LogP contribution in [0.25, 0.3) is 0 Å². The van der Waals surface area contributed by atoms with Gasteiger partial charge in [0.2, 0.25) is 11.8 Å². The normalized spacial score (nSPS) is 21.3. The Labute approximate surface area is 169 Å². The molecule has 3 rings (SSSR count). The molecule has 0 saturated carbocycles. The lowest BCUT2D eigenvalue weighted by Gasteiger charge is -2.41. The number of carbonyl (C=O) groups is 2. The second-order valence-corrected chi connectivity index (χ2v) is 8.34. The van der Waals surface area contributed by atoms with E-state index in [0.717, 1.165) is 45.4 Å². The van der Waals surface area contributed by atoms with Crippen molar-refractivity contribution in [3.63, 3.8) is 0 Å². The molecule has 1 aromatic rings. The van der Waals surface area contributed by atoms with E-state index in [4.69, 9.17) is 0 Å². The van der Waals surface area contributed by atoms with E-state index in [2.05, 4.69) is 24.4 Å². The Morgan fingerprint density at radius 1 is 1.14 bits per heavy atom. The molecule has 2 heterocycles. The van der Waals surface area contributed by atoms with Crippen molar-refractivity contribution in [1.29, 1.82) is 0 Å². The molecule has 28 heavy (non-hydrogen) atoms. The molecule has 1 N–H and O–H groups in total. The van der Waals surface area contributed by atoms with Crippen molar-refractivity contribution < 1.29 is 9.59 Å². The Hall–Kier alpha value is -1.88. The molecule has 1 fully saturated rings. The zero-order valence-electron chi connectivity index (χ0n) is 17.6. The molecule has 5 heteroatoms. The Morgan fingerprint density at radius 2 is 1.82 bits per heavy atom. The molecule has 2 atom stereocenters. The number of carbonyl (C=O) groups excluding carboxylic acids is 2. The topological polar surface area (TPSA) is 52.7 Å². The molecule has 0 bridgehead atoms. The van der Waals surface area contributed by atoms with E-state index < -0.39 is 0 Å². The summed E-state index contributed by atoms with van der Waals surface area (Å²) in [6, 6.07) is 7.87. The first kappa shape index (κ1) is 20.8. The maximum absolute atomic E-state index is 13.4. The molecular formula is C23H35N3O2. The number of likely N-dealkylation sites (tertiary alicyclic amines) is 1. The fourth-order valence-corrected chi connectivity index (χ4v) is 4.35. The van der Waals surface area contributed by atoms with Gasteiger partial charge in [-0.3, -0.25) is 9.59 Å². The predicted octanol–water partition coefficient (Wildman–Crippen LogP) is 2.83. The number of hydrogen-bond donors (Lipinski definition) is 1. The molecule has 2 amide bonds. The summed E-state index contributed by atoms with van der Waals surface area (Å²) in [4.78, 5) is 30.3. The average molecular weight is 386 g/mol. The van der Waals surface area contributed by atoms with Crippen molar-refractivity contribution in [2.45, 2.75) is 59.0 Å². The van der Waals surface area contributed by atoms with E-state index in [1.54, 1.807) is 0 Å². The third-order valence-corrected chi connectivity index (χ3v) is 6.46. The summed E-state index contributed by atoms with van der Waals surface area (Å²) in [5.41, 5.74) is 2.38. The van der Waals surface area contributed by atoms with Gasteiger partial charge < -0.3 is 15.1 Å². The van der Waals surface area contributed by atoms with Gasteiger partial charge in [0.1, 0.15) is 6.04 Å². The van der Waals surface area contributed by atoms with Gasteiger partial charge in [0.05, 0.1) is 0 Å². The second-order valence-electron chi connectivity index (χ2n) is 8.34. The summed E-state index contributed by atoms with van der Waals surface area (Å²) in [5.74, 6) is 0.839. The van der Waals surface area contributed by atoms with Crippen LogP contribution in [0.5, 0.6) is 0 Å². The quantitative estimate of drug-likeness (QED) is 0.819. The van der Waals surface area contributed by atoms with Crippen LogP contribution in [-0.2, 0) is 22.6 Å². The van der Waals surface area contributed by atoms with Gasteiger partial charge in [0.15, 0.2) is 0 Å². The molecule has 2 unspecified atom stereocenters. The van der Waals surface area contributed by atoms with Crippen LogP contribution in [0, 0.1) is 11.8 Å². The summed E-state index contributed by atoms with van der Waals surface area (Å²) in [5, 5.41) is 3.42. The van der Waals surface area contributed by atoms with Crippen LogP contribution in [-0.4, -0.2) is 53.8 Å². The van der Waals surface area contributed by atoms with Crippen molar-refractivity contribution in [2.24, 2.45) is 11.8 Å². The van der Waals surface area contributed by atoms with Gasteiger partial charge in [-0.05, 0) is 49.4 Å². The van der Waals surface area contributed by atoms with Crippen LogP contribution in [0.4, 0.5) is 0 Å². The highest BCUT2D eigenvalue weighted by atomic mass is 16.2. The van der Waals surface area contributed by atoms with Crippen molar-refractivity contribution >= 4 is 11.8 Å². The first-order chi connectivity index (χ1) is 13.5. The number of amides is 2. The zero-order chi connectivity index (χ0) is 20.1. The standard InChI is InChI=1S/C23H35N3O2/c1-4-17(3)22(27)26-16-20-9-7-6-8-19(20)14-21(26)23(28)25-12-10-18(11-13-25)15-24-5-2/h6-9,17-18,21,24H,4-5,10-16H2,1-3H3. The molecule has 1 saturated heterocycles. The molecule has 0 aromatic heterocycles. The first-order valence-corrected chi connectivity index (χ1v) is 10.9. The molecule has 0 aliphatic carbocycles. The Balaban J connectivity index is 1.73. The second kappa shape index (κ2) is 9.55. The number of benzene rings is 1. The van der Waals surface area contributed by atoms with E-state index in [1.165, 1.54) is 11.1 Å². The van der Waals surface area contributed by atoms with Crippen molar-refractivity contribution in [2.75, 3.05) is 26.2 Å². The van der Waals surface area contributed by atoms with E-state index in [1.807, 2.05) is 35.8 Å². The van der Waals surface area contributed by atoms with E-state index >= 15 is 0 Å². The Morgan fingerprint density at radius 3 is 2.46 bits per heavy atom. The van der Waals surface area contributed by atoms with Crippen LogP contribution in [0.2, 0.25) is 0 Å². The lowest BCUT2D eigenvalue weighted by atomic mass is 9.90. The van der Waals surface area contributed by atoms with Crippen LogP contribution in [0.1, 0.15) is 51.2 Å². The van der Waals surface area contributed by atoms with Crippen molar-refractivity contribution in [3.05, 3.63) is 35.4 Å². The highest BCUT2D eigenvalue weighted by molar-refractivity contribution is 5.89. The molecule has 1 aromatic carbocycles. The zero-order valence-corrected chi connectivity index (χ0v) is 17.6. The van der Waals surface area contributed by atoms with Gasteiger partial charge in [-0.1, -0.05) is 45.0 Å². The fraction of sp³-hybridized carbons (Fsp3) is 0.652. The summed E-state index contributed by atoms with van der Waals surface area (Å²) >= 11 is 0. The third kappa shape index (κ3) is 4.57. The average Bonchev–Trinajstić information content (AvgIpc) is 2.75. The molecule has 0 radical (unpaired) electrons. The Bertz CT molecular complexity index is 682. The van der Waals surface area contributed by atoms with E-state index in [9.17, 15) is 9.59 Å². The number of nitrogens with one attached hydrogen (secondary N) is 1. The third-order valence-electron chi connectivity index (χ3n) is 6.46. The van der Waals surface area contributed by atoms with E-state index in [-0.39, 0.29) is 23.8 Å². The number of piperidine rings is 1. The highest BCUT2D eigenvalue weighted by Crippen LogP contribution is 2.28. The first-order valence-electron chi connectivity index (χ1n) is 10.9. The summed E-state index contributed by atoms with van der Waals surface area (Å²) in [6.07, 6.45) is 3.52. The minimum Gasteiger partial charge on any atom is -0.341 e. The smallest absolute Gasteiger partial charge is 0.245 e. The summed E-state index contributed by atoms with van der Waals surface area (Å²) in [7, 11) is 0. The maximum Gasteiger partial charge on any atom is 0.245 e. The van der Waals surface area contributed by atoms with Gasteiger partial charge in [0, 0.05) is 32.0 Å². The van der Waals surface area contributed by atoms with E-state index in [0.29, 0.717) is 18.9 Å². The Kier molecular flexibility index (Phi) is 7.11. The minimum absolute atomic E-state index is 0.0496. The molecular weight excluding hydrogens is 350 g/mol. The van der Waals surface area contributed by atoms with Gasteiger partial charge >= 0.3 is 0 Å². The van der Waals surface area contributed by atoms with Crippen molar-refractivity contribution in [1.82, 2.24) is 15.1 Å². The molecule has 5 nitrogen and oxygen atoms in total. The van der Waals surface area contributed by atoms with Crippen molar-refractivity contribution in [3.8, 4) is 0 Å². The number of hydrogen-bond acceptors (Lipinski definition) is 3. The lowest BCUT2D eigenvalue weighted by molar-refractivity contribution is -0.150. The molecule has 0 spiro atoms. The molecule has 154 valence electrons. The number of rotatable bonds is 6. The van der Waals surface area contributed by atoms with Gasteiger partial charge in [-0.15, -0.1) is 0 Å². The van der Waals surface area contributed by atoms with Crippen LogP contribution < -0.4 is 5.32 Å². The van der Waals surface area contributed by atoms with Crippen LogP contribution in [0.3, 0.4) is 0 Å². The summed E-state index contributed by atoms with van der Waals surface area (Å²) < 4.78 is 0. The molecule has 2 aliphatic heterocycles. The number of nitrogens with zero attached hydrogens (tertiary/aromatic N) is 2. The van der Waals surface area contributed by atoms with Crippen LogP contribution in [0.15, 0.2) is 24.3 Å². The predicted molar refractivity (Wildman–Crippen MR) is 112 cm³/mol. The largest absolute Gasteiger partial charge is 0.341 e. The monoisotopic (exact) mass is 385 g/mol. The SMILES string of the molecule is CCNCC1CCN(C(=O)C2Cc3ccccc3CN2C(=O)C(C)CC)CC1. The number of fused-ring (bicyclic) bond motifs is 1. The summed E-state index contributed by atoms with van der Waals surface area (Å²) in [6.45, 7) is 10.3. The molecule has 2 aliphatic rings. The van der Waals surface area contributed by atoms with Gasteiger partial charge in [0.25, 0.3) is 0 Å². The maximum atomic E-state index is 13.4.